The minimum Gasteiger partial charge on any atom is -0.397 e. The molecule has 0 spiro atoms. The Balaban J connectivity index is 2.89. The van der Waals surface area contributed by atoms with Crippen LogP contribution in [0.3, 0.4) is 0 Å². The van der Waals surface area contributed by atoms with E-state index in [-0.39, 0.29) is 34.5 Å². The van der Waals surface area contributed by atoms with Gasteiger partial charge < -0.3 is 5.73 Å². The first-order valence-electron chi connectivity index (χ1n) is 5.98. The first kappa shape index (κ1) is 15.1. The van der Waals surface area contributed by atoms with E-state index in [0.717, 1.165) is 6.07 Å². The van der Waals surface area contributed by atoms with E-state index >= 15 is 0 Å². The number of nitrogens with two attached hydrogens (primary N) is 1. The predicted octanol–water partition coefficient (Wildman–Crippen LogP) is 1.71. The zero-order chi connectivity index (χ0) is 15.9. The maximum Gasteiger partial charge on any atom is 0.296 e. The van der Waals surface area contributed by atoms with Crippen molar-refractivity contribution in [2.75, 3.05) is 5.73 Å². The van der Waals surface area contributed by atoms with E-state index in [1.54, 1.807) is 0 Å². The first-order valence-corrected chi connectivity index (χ1v) is 7.42. The Morgan fingerprint density at radius 2 is 1.95 bits per heavy atom. The predicted molar refractivity (Wildman–Crippen MR) is 77.0 cm³/mol. The number of carbonyl (C=O) groups excluding carboxylic acids is 2. The van der Waals surface area contributed by atoms with Crippen LogP contribution in [0.1, 0.15) is 32.7 Å². The molecular weight excluding hydrogens is 294 g/mol. The highest BCUT2D eigenvalue weighted by Crippen LogP contribution is 2.35. The molecule has 0 fully saturated rings. The minimum atomic E-state index is -4.59. The number of ketones is 2. The lowest BCUT2D eigenvalue weighted by molar-refractivity contribution is 0.0935. The third-order valence-electron chi connectivity index (χ3n) is 3.27. The van der Waals surface area contributed by atoms with Gasteiger partial charge in [0.25, 0.3) is 10.1 Å². The number of fused-ring (bicyclic) bond motifs is 1. The van der Waals surface area contributed by atoms with E-state index in [2.05, 4.69) is 6.58 Å². The summed E-state index contributed by atoms with van der Waals surface area (Å²) in [7, 11) is -4.59. The SMILES string of the molecule is C=CC=C1CC(=O)c2c(C)cc(S(=O)(=O)O)c(N)c2C1=O. The Morgan fingerprint density at radius 3 is 2.48 bits per heavy atom. The summed E-state index contributed by atoms with van der Waals surface area (Å²) in [6.07, 6.45) is 2.66. The zero-order valence-corrected chi connectivity index (χ0v) is 12.0. The Labute approximate surface area is 121 Å². The van der Waals surface area contributed by atoms with Crippen molar-refractivity contribution < 1.29 is 22.6 Å². The molecular formula is C14H13NO5S. The summed E-state index contributed by atoms with van der Waals surface area (Å²) < 4.78 is 31.9. The average molecular weight is 307 g/mol. The van der Waals surface area contributed by atoms with Gasteiger partial charge in [-0.2, -0.15) is 8.42 Å². The number of aryl methyl sites for hydroxylation is 1. The van der Waals surface area contributed by atoms with E-state index in [1.165, 1.54) is 19.1 Å². The zero-order valence-electron chi connectivity index (χ0n) is 11.2. The van der Waals surface area contributed by atoms with Crippen LogP contribution in [-0.4, -0.2) is 24.5 Å². The molecule has 1 aliphatic rings. The maximum atomic E-state index is 12.4. The highest BCUT2D eigenvalue weighted by molar-refractivity contribution is 7.86. The number of anilines is 1. The molecule has 3 N–H and O–H groups in total. The maximum absolute atomic E-state index is 12.4. The molecule has 0 amide bonds. The molecule has 1 aromatic carbocycles. The molecule has 0 saturated heterocycles. The van der Waals surface area contributed by atoms with Gasteiger partial charge in [-0.1, -0.05) is 18.7 Å². The standard InChI is InChI=1S/C14H13NO5S/c1-3-4-8-6-9(16)11-7(2)5-10(21(18,19)20)13(15)12(11)14(8)17/h3-5H,1,6,15H2,2H3,(H,18,19,20). The Bertz CT molecular complexity index is 818. The third kappa shape index (κ3) is 2.41. The second kappa shape index (κ2) is 4.94. The van der Waals surface area contributed by atoms with Gasteiger partial charge in [-0.05, 0) is 18.6 Å². The van der Waals surface area contributed by atoms with Crippen molar-refractivity contribution in [2.45, 2.75) is 18.2 Å². The van der Waals surface area contributed by atoms with Crippen molar-refractivity contribution in [3.63, 3.8) is 0 Å². The van der Waals surface area contributed by atoms with Crippen LogP contribution in [0, 0.1) is 6.92 Å². The molecule has 7 heteroatoms. The number of hydrogen-bond acceptors (Lipinski definition) is 5. The van der Waals surface area contributed by atoms with Crippen LogP contribution in [0.2, 0.25) is 0 Å². The van der Waals surface area contributed by atoms with Gasteiger partial charge in [-0.15, -0.1) is 0 Å². The number of hydrogen-bond donors (Lipinski definition) is 2. The summed E-state index contributed by atoms with van der Waals surface area (Å²) in [6, 6.07) is 1.09. The number of nitrogen functional groups attached to an aromatic ring is 1. The van der Waals surface area contributed by atoms with Crippen molar-refractivity contribution in [1.29, 1.82) is 0 Å². The quantitative estimate of drug-likeness (QED) is 0.488. The van der Waals surface area contributed by atoms with E-state index in [9.17, 15) is 22.6 Å². The van der Waals surface area contributed by atoms with Gasteiger partial charge in [0.1, 0.15) is 4.90 Å². The second-order valence-electron chi connectivity index (χ2n) is 4.69. The number of Topliss-reactive ketones (excluding diaryl/α,β-unsaturated/α-hetero) is 2. The highest BCUT2D eigenvalue weighted by Gasteiger charge is 2.34. The minimum absolute atomic E-state index is 0.0939. The number of allylic oxidation sites excluding steroid dienone is 3. The van der Waals surface area contributed by atoms with Crippen LogP contribution in [0.15, 0.2) is 35.3 Å². The van der Waals surface area contributed by atoms with Gasteiger partial charge in [0.15, 0.2) is 11.6 Å². The van der Waals surface area contributed by atoms with Crippen molar-refractivity contribution in [1.82, 2.24) is 0 Å². The largest absolute Gasteiger partial charge is 0.397 e. The van der Waals surface area contributed by atoms with Gasteiger partial charge >= 0.3 is 0 Å². The number of rotatable bonds is 2. The normalized spacial score (nSPS) is 17.0. The van der Waals surface area contributed by atoms with Gasteiger partial charge in [-0.3, -0.25) is 14.1 Å². The lowest BCUT2D eigenvalue weighted by Gasteiger charge is -2.21. The molecule has 0 radical (unpaired) electrons. The van der Waals surface area contributed by atoms with Gasteiger partial charge in [-0.25, -0.2) is 0 Å². The monoisotopic (exact) mass is 307 g/mol. The fraction of sp³-hybridized carbons (Fsp3) is 0.143. The van der Waals surface area contributed by atoms with E-state index in [1.807, 2.05) is 0 Å². The molecule has 21 heavy (non-hydrogen) atoms. The van der Waals surface area contributed by atoms with Gasteiger partial charge in [0, 0.05) is 17.6 Å². The van der Waals surface area contributed by atoms with E-state index in [4.69, 9.17) is 5.73 Å². The smallest absolute Gasteiger partial charge is 0.296 e. The Morgan fingerprint density at radius 1 is 1.33 bits per heavy atom. The van der Waals surface area contributed by atoms with Crippen LogP contribution in [-0.2, 0) is 10.1 Å². The molecule has 0 heterocycles. The molecule has 1 aliphatic carbocycles. The Hall–Kier alpha value is -2.25. The molecule has 2 rings (SSSR count). The summed E-state index contributed by atoms with van der Waals surface area (Å²) in [4.78, 5) is 24.0. The molecule has 0 aromatic heterocycles. The average Bonchev–Trinajstić information content (AvgIpc) is 2.36. The summed E-state index contributed by atoms with van der Waals surface area (Å²) in [5, 5.41) is 0. The lowest BCUT2D eigenvalue weighted by atomic mass is 9.82. The van der Waals surface area contributed by atoms with Crippen LogP contribution in [0.4, 0.5) is 5.69 Å². The molecule has 1 aromatic rings. The summed E-state index contributed by atoms with van der Waals surface area (Å²) in [5.41, 5.74) is 5.68. The molecule has 0 saturated carbocycles. The fourth-order valence-electron chi connectivity index (χ4n) is 2.39. The van der Waals surface area contributed by atoms with Crippen molar-refractivity contribution >= 4 is 27.4 Å². The molecule has 110 valence electrons. The third-order valence-corrected chi connectivity index (χ3v) is 4.17. The van der Waals surface area contributed by atoms with Crippen LogP contribution in [0.25, 0.3) is 0 Å². The number of benzene rings is 1. The lowest BCUT2D eigenvalue weighted by Crippen LogP contribution is -2.24. The molecule has 0 aliphatic heterocycles. The Kier molecular flexibility index (Phi) is 3.56. The highest BCUT2D eigenvalue weighted by atomic mass is 32.2. The fourth-order valence-corrected chi connectivity index (χ4v) is 3.09. The van der Waals surface area contributed by atoms with Crippen LogP contribution >= 0.6 is 0 Å². The van der Waals surface area contributed by atoms with Gasteiger partial charge in [0.2, 0.25) is 0 Å². The van der Waals surface area contributed by atoms with Crippen molar-refractivity contribution in [2.24, 2.45) is 0 Å². The molecule has 6 nitrogen and oxygen atoms in total. The summed E-state index contributed by atoms with van der Waals surface area (Å²) in [6.45, 7) is 4.95. The molecule has 0 atom stereocenters. The van der Waals surface area contributed by atoms with Gasteiger partial charge in [0.05, 0.1) is 11.3 Å². The van der Waals surface area contributed by atoms with Crippen LogP contribution < -0.4 is 5.73 Å². The van der Waals surface area contributed by atoms with Crippen molar-refractivity contribution in [3.8, 4) is 0 Å². The van der Waals surface area contributed by atoms with E-state index in [0.29, 0.717) is 0 Å². The van der Waals surface area contributed by atoms with Crippen molar-refractivity contribution in [3.05, 3.63) is 47.1 Å². The first-order chi connectivity index (χ1) is 9.68. The van der Waals surface area contributed by atoms with Crippen LogP contribution in [0.5, 0.6) is 0 Å². The summed E-state index contributed by atoms with van der Waals surface area (Å²) in [5.74, 6) is -0.862. The topological polar surface area (TPSA) is 115 Å². The number of carbonyl (C=O) groups is 2. The molecule has 0 unspecified atom stereocenters. The summed E-state index contributed by atoms with van der Waals surface area (Å²) >= 11 is 0. The second-order valence-corrected chi connectivity index (χ2v) is 6.08. The molecule has 0 bridgehead atoms. The van der Waals surface area contributed by atoms with E-state index < -0.39 is 26.5 Å².